The molecule has 1 aromatic carbocycles. The number of carbonyl (C=O) groups is 2. The van der Waals surface area contributed by atoms with Crippen LogP contribution in [-0.2, 0) is 33.1 Å². The van der Waals surface area contributed by atoms with Crippen LogP contribution in [0, 0.1) is 0 Å². The van der Waals surface area contributed by atoms with Crippen molar-refractivity contribution in [2.24, 2.45) is 7.05 Å². The Morgan fingerprint density at radius 3 is 2.62 bits per heavy atom. The molecule has 10 heteroatoms. The van der Waals surface area contributed by atoms with E-state index in [-0.39, 0.29) is 29.6 Å². The molecule has 156 valence electrons. The minimum absolute atomic E-state index is 0.0437. The zero-order valence-electron chi connectivity index (χ0n) is 16.1. The highest BCUT2D eigenvalue weighted by Crippen LogP contribution is 2.27. The van der Waals surface area contributed by atoms with Crippen LogP contribution in [0.3, 0.4) is 0 Å². The predicted molar refractivity (Wildman–Crippen MR) is 107 cm³/mol. The smallest absolute Gasteiger partial charge is 0.354 e. The third-order valence-corrected chi connectivity index (χ3v) is 6.99. The van der Waals surface area contributed by atoms with Crippen molar-refractivity contribution in [1.29, 1.82) is 0 Å². The summed E-state index contributed by atoms with van der Waals surface area (Å²) in [6, 6.07) is 7.51. The molecule has 0 aliphatic carbocycles. The number of amides is 1. The van der Waals surface area contributed by atoms with Gasteiger partial charge in [0, 0.05) is 31.4 Å². The summed E-state index contributed by atoms with van der Waals surface area (Å²) in [7, 11) is -1.15. The first-order valence-corrected chi connectivity index (χ1v) is 10.8. The lowest BCUT2D eigenvalue weighted by atomic mass is 10.2. The van der Waals surface area contributed by atoms with Crippen molar-refractivity contribution < 1.29 is 22.7 Å². The van der Waals surface area contributed by atoms with E-state index < -0.39 is 22.0 Å². The zero-order valence-corrected chi connectivity index (χ0v) is 17.7. The van der Waals surface area contributed by atoms with E-state index in [0.717, 1.165) is 5.56 Å². The summed E-state index contributed by atoms with van der Waals surface area (Å²) in [6.07, 6.45) is 2.36. The number of halogens is 1. The van der Waals surface area contributed by atoms with E-state index in [0.29, 0.717) is 17.9 Å². The molecule has 1 atom stereocenters. The maximum Gasteiger partial charge on any atom is 0.354 e. The van der Waals surface area contributed by atoms with Crippen molar-refractivity contribution in [3.8, 4) is 0 Å². The SMILES string of the molecule is COC(=O)c1cc(S(=O)(=O)N2CCCC2C(=O)NCc2ccc(Cl)cc2)cn1C. The van der Waals surface area contributed by atoms with Gasteiger partial charge in [-0.25, -0.2) is 13.2 Å². The van der Waals surface area contributed by atoms with Gasteiger partial charge in [-0.1, -0.05) is 23.7 Å². The Kier molecular flexibility index (Phi) is 6.30. The van der Waals surface area contributed by atoms with Crippen LogP contribution < -0.4 is 5.32 Å². The van der Waals surface area contributed by atoms with Gasteiger partial charge in [-0.2, -0.15) is 4.31 Å². The molecule has 1 aliphatic rings. The molecule has 1 fully saturated rings. The van der Waals surface area contributed by atoms with E-state index in [1.54, 1.807) is 31.3 Å². The average molecular weight is 440 g/mol. The Morgan fingerprint density at radius 2 is 1.97 bits per heavy atom. The third kappa shape index (κ3) is 4.47. The van der Waals surface area contributed by atoms with Gasteiger partial charge < -0.3 is 14.6 Å². The van der Waals surface area contributed by atoms with Crippen molar-refractivity contribution in [3.05, 3.63) is 52.8 Å². The normalized spacial score (nSPS) is 17.3. The number of carbonyl (C=O) groups excluding carboxylic acids is 2. The largest absolute Gasteiger partial charge is 0.464 e. The second-order valence-corrected chi connectivity index (χ2v) is 9.11. The maximum absolute atomic E-state index is 13.1. The van der Waals surface area contributed by atoms with Crippen molar-refractivity contribution in [2.45, 2.75) is 30.3 Å². The molecule has 1 aromatic heterocycles. The van der Waals surface area contributed by atoms with E-state index in [4.69, 9.17) is 11.6 Å². The molecule has 8 nitrogen and oxygen atoms in total. The first kappa shape index (κ1) is 21.4. The summed E-state index contributed by atoms with van der Waals surface area (Å²) in [6.45, 7) is 0.516. The Balaban J connectivity index is 1.76. The molecule has 29 heavy (non-hydrogen) atoms. The van der Waals surface area contributed by atoms with Gasteiger partial charge in [0.15, 0.2) is 0 Å². The number of hydrogen-bond acceptors (Lipinski definition) is 5. The van der Waals surface area contributed by atoms with E-state index in [1.807, 2.05) is 0 Å². The molecule has 1 saturated heterocycles. The lowest BCUT2D eigenvalue weighted by molar-refractivity contribution is -0.124. The molecule has 0 spiro atoms. The van der Waals surface area contributed by atoms with Gasteiger partial charge in [-0.15, -0.1) is 0 Å². The van der Waals surface area contributed by atoms with E-state index in [2.05, 4.69) is 10.1 Å². The van der Waals surface area contributed by atoms with Crippen LogP contribution in [0.5, 0.6) is 0 Å². The Morgan fingerprint density at radius 1 is 1.28 bits per heavy atom. The molecular formula is C19H22ClN3O5S. The van der Waals surface area contributed by atoms with Crippen molar-refractivity contribution in [1.82, 2.24) is 14.2 Å². The molecule has 3 rings (SSSR count). The number of sulfonamides is 1. The van der Waals surface area contributed by atoms with Gasteiger partial charge in [0.2, 0.25) is 15.9 Å². The Hall–Kier alpha value is -2.36. The van der Waals surface area contributed by atoms with Crippen molar-refractivity contribution in [2.75, 3.05) is 13.7 Å². The fourth-order valence-corrected chi connectivity index (χ4v) is 5.17. The molecule has 0 bridgehead atoms. The van der Waals surface area contributed by atoms with Crippen LogP contribution >= 0.6 is 11.6 Å². The van der Waals surface area contributed by atoms with Gasteiger partial charge in [-0.05, 0) is 36.6 Å². The summed E-state index contributed by atoms with van der Waals surface area (Å²) in [5.74, 6) is -0.988. The quantitative estimate of drug-likeness (QED) is 0.693. The molecule has 2 aromatic rings. The molecule has 0 saturated carbocycles. The zero-order chi connectivity index (χ0) is 21.2. The molecule has 1 N–H and O–H groups in total. The summed E-state index contributed by atoms with van der Waals surface area (Å²) >= 11 is 5.86. The first-order chi connectivity index (χ1) is 13.7. The van der Waals surface area contributed by atoms with Crippen LogP contribution in [0.2, 0.25) is 5.02 Å². The predicted octanol–water partition coefficient (Wildman–Crippen LogP) is 1.93. The number of ether oxygens (including phenoxy) is 1. The highest BCUT2D eigenvalue weighted by molar-refractivity contribution is 7.89. The lowest BCUT2D eigenvalue weighted by Crippen LogP contribution is -2.45. The second-order valence-electron chi connectivity index (χ2n) is 6.78. The summed E-state index contributed by atoms with van der Waals surface area (Å²) < 4.78 is 33.5. The van der Waals surface area contributed by atoms with Crippen molar-refractivity contribution >= 4 is 33.5 Å². The van der Waals surface area contributed by atoms with E-state index in [1.165, 1.54) is 28.2 Å². The molecule has 2 heterocycles. The Bertz CT molecular complexity index is 1020. The highest BCUT2D eigenvalue weighted by Gasteiger charge is 2.40. The van der Waals surface area contributed by atoms with Gasteiger partial charge in [0.25, 0.3) is 0 Å². The average Bonchev–Trinajstić information content (AvgIpc) is 3.34. The standard InChI is InChI=1S/C19H22ClN3O5S/c1-22-12-15(10-17(22)19(25)28-2)29(26,27)23-9-3-4-16(23)18(24)21-11-13-5-7-14(20)8-6-13/h5-8,10,12,16H,3-4,9,11H2,1-2H3,(H,21,24). The summed E-state index contributed by atoms with van der Waals surface area (Å²) in [5.41, 5.74) is 0.981. The number of aryl methyl sites for hydroxylation is 1. The van der Waals surface area contributed by atoms with E-state index in [9.17, 15) is 18.0 Å². The lowest BCUT2D eigenvalue weighted by Gasteiger charge is -2.23. The second kappa shape index (κ2) is 8.56. The highest BCUT2D eigenvalue weighted by atomic mass is 35.5. The molecule has 1 unspecified atom stereocenters. The van der Waals surface area contributed by atoms with Crippen LogP contribution in [0.25, 0.3) is 0 Å². The fourth-order valence-electron chi connectivity index (χ4n) is 3.32. The number of methoxy groups -OCH3 is 1. The van der Waals surface area contributed by atoms with E-state index >= 15 is 0 Å². The number of nitrogens with zero attached hydrogens (tertiary/aromatic N) is 2. The van der Waals surface area contributed by atoms with Gasteiger partial charge in [-0.3, -0.25) is 4.79 Å². The number of nitrogens with one attached hydrogen (secondary N) is 1. The van der Waals surface area contributed by atoms with Crippen LogP contribution in [0.1, 0.15) is 28.9 Å². The first-order valence-electron chi connectivity index (χ1n) is 9.02. The topological polar surface area (TPSA) is 97.7 Å². The monoisotopic (exact) mass is 439 g/mol. The number of rotatable bonds is 6. The summed E-state index contributed by atoms with van der Waals surface area (Å²) in [5, 5.41) is 3.39. The molecule has 1 amide bonds. The molecule has 0 radical (unpaired) electrons. The number of aromatic nitrogens is 1. The van der Waals surface area contributed by atoms with Gasteiger partial charge in [0.05, 0.1) is 7.11 Å². The van der Waals surface area contributed by atoms with Crippen LogP contribution in [-0.4, -0.2) is 48.9 Å². The number of hydrogen-bond donors (Lipinski definition) is 1. The fraction of sp³-hybridized carbons (Fsp3) is 0.368. The van der Waals surface area contributed by atoms with Crippen molar-refractivity contribution in [3.63, 3.8) is 0 Å². The molecule has 1 aliphatic heterocycles. The van der Waals surface area contributed by atoms with Gasteiger partial charge in [0.1, 0.15) is 16.6 Å². The van der Waals surface area contributed by atoms with Gasteiger partial charge >= 0.3 is 5.97 Å². The Labute approximate surface area is 174 Å². The number of benzene rings is 1. The van der Waals surface area contributed by atoms with Crippen LogP contribution in [0.4, 0.5) is 0 Å². The minimum atomic E-state index is -3.94. The maximum atomic E-state index is 13.1. The summed E-state index contributed by atoms with van der Waals surface area (Å²) in [4.78, 5) is 24.4. The third-order valence-electron chi connectivity index (χ3n) is 4.87. The minimum Gasteiger partial charge on any atom is -0.464 e. The number of esters is 1. The van der Waals surface area contributed by atoms with Crippen LogP contribution in [0.15, 0.2) is 41.4 Å². The molecular weight excluding hydrogens is 418 g/mol.